The van der Waals surface area contributed by atoms with Crippen LogP contribution >= 0.6 is 11.8 Å². The minimum Gasteiger partial charge on any atom is -0.378 e. The molecule has 0 fully saturated rings. The van der Waals surface area contributed by atoms with Crippen molar-refractivity contribution in [3.05, 3.63) is 11.5 Å². The van der Waals surface area contributed by atoms with E-state index in [9.17, 15) is 0 Å². The molecule has 0 radical (unpaired) electrons. The molecule has 0 spiro atoms. The first kappa shape index (κ1) is 10.6. The average Bonchev–Trinajstić information content (AvgIpc) is 1.85. The molecule has 0 aromatic carbocycles. The highest BCUT2D eigenvalue weighted by atomic mass is 32.2. The molecule has 0 aliphatic heterocycles. The van der Waals surface area contributed by atoms with Crippen molar-refractivity contribution in [3.8, 4) is 11.8 Å². The summed E-state index contributed by atoms with van der Waals surface area (Å²) in [5.74, 6) is 6.50. The lowest BCUT2D eigenvalue weighted by atomic mass is 10.1. The first-order chi connectivity index (χ1) is 5.06. The fraction of sp³-hybridized carbons (Fsp3) is 0.556. The van der Waals surface area contributed by atoms with Crippen LogP contribution in [-0.2, 0) is 0 Å². The van der Waals surface area contributed by atoms with E-state index < -0.39 is 5.60 Å². The van der Waals surface area contributed by atoms with Crippen LogP contribution < -0.4 is 0 Å². The zero-order chi connectivity index (χ0) is 8.74. The van der Waals surface area contributed by atoms with Gasteiger partial charge in [-0.05, 0) is 31.1 Å². The third-order valence-electron chi connectivity index (χ3n) is 0.792. The molecule has 0 bridgehead atoms. The molecule has 0 amide bonds. The second-order valence-corrected chi connectivity index (χ2v) is 3.77. The van der Waals surface area contributed by atoms with Crippen molar-refractivity contribution in [1.82, 2.24) is 0 Å². The summed E-state index contributed by atoms with van der Waals surface area (Å²) in [5, 5.41) is 11.1. The highest BCUT2D eigenvalue weighted by Crippen LogP contribution is 1.99. The summed E-state index contributed by atoms with van der Waals surface area (Å²) in [6.45, 7) is 5.42. The number of hydrogen-bond acceptors (Lipinski definition) is 2. The lowest BCUT2D eigenvalue weighted by molar-refractivity contribution is 0.143. The zero-order valence-electron chi connectivity index (χ0n) is 7.22. The van der Waals surface area contributed by atoms with Crippen LogP contribution in [0.2, 0.25) is 0 Å². The van der Waals surface area contributed by atoms with E-state index in [0.717, 1.165) is 5.75 Å². The number of allylic oxidation sites excluding steroid dienone is 1. The van der Waals surface area contributed by atoms with E-state index in [4.69, 9.17) is 5.11 Å². The van der Waals surface area contributed by atoms with Crippen LogP contribution in [0.25, 0.3) is 0 Å². The van der Waals surface area contributed by atoms with Crippen LogP contribution in [0.15, 0.2) is 11.5 Å². The van der Waals surface area contributed by atoms with Crippen molar-refractivity contribution in [2.24, 2.45) is 0 Å². The maximum absolute atomic E-state index is 9.16. The van der Waals surface area contributed by atoms with E-state index in [1.807, 2.05) is 5.41 Å². The Hall–Kier alpha value is -0.390. The van der Waals surface area contributed by atoms with E-state index in [2.05, 4.69) is 18.8 Å². The quantitative estimate of drug-likeness (QED) is 0.640. The molecule has 0 aliphatic carbocycles. The molecule has 11 heavy (non-hydrogen) atoms. The molecule has 62 valence electrons. The lowest BCUT2D eigenvalue weighted by Gasteiger charge is -2.04. The summed E-state index contributed by atoms with van der Waals surface area (Å²) in [7, 11) is 0. The fourth-order valence-electron chi connectivity index (χ4n) is 0.397. The summed E-state index contributed by atoms with van der Waals surface area (Å²) in [5.41, 5.74) is -0.874. The van der Waals surface area contributed by atoms with E-state index in [-0.39, 0.29) is 0 Å². The minimum atomic E-state index is -0.874. The Labute approximate surface area is 72.9 Å². The van der Waals surface area contributed by atoms with Crippen LogP contribution in [0.5, 0.6) is 0 Å². The van der Waals surface area contributed by atoms with Gasteiger partial charge in [-0.1, -0.05) is 18.8 Å². The van der Waals surface area contributed by atoms with Gasteiger partial charge in [-0.15, -0.1) is 11.8 Å². The summed E-state index contributed by atoms with van der Waals surface area (Å²) in [6, 6.07) is 0. The maximum Gasteiger partial charge on any atom is 0.120 e. The van der Waals surface area contributed by atoms with Gasteiger partial charge in [-0.25, -0.2) is 0 Å². The molecule has 2 heteroatoms. The van der Waals surface area contributed by atoms with Gasteiger partial charge in [0, 0.05) is 0 Å². The normalized spacial score (nSPS) is 11.3. The molecule has 0 atom stereocenters. The largest absolute Gasteiger partial charge is 0.378 e. The highest BCUT2D eigenvalue weighted by Gasteiger charge is 2.04. The van der Waals surface area contributed by atoms with Gasteiger partial charge in [-0.3, -0.25) is 0 Å². The van der Waals surface area contributed by atoms with Crippen LogP contribution in [0.1, 0.15) is 20.8 Å². The van der Waals surface area contributed by atoms with Gasteiger partial charge in [0.15, 0.2) is 0 Å². The Balaban J connectivity index is 3.72. The Morgan fingerprint density at radius 3 is 2.64 bits per heavy atom. The molecule has 0 heterocycles. The first-order valence-electron chi connectivity index (χ1n) is 3.58. The van der Waals surface area contributed by atoms with Gasteiger partial charge in [-0.2, -0.15) is 0 Å². The van der Waals surface area contributed by atoms with Gasteiger partial charge >= 0.3 is 0 Å². The third-order valence-corrected chi connectivity index (χ3v) is 1.45. The van der Waals surface area contributed by atoms with Crippen LogP contribution in [-0.4, -0.2) is 16.5 Å². The number of aliphatic hydroxyl groups is 1. The van der Waals surface area contributed by atoms with Crippen molar-refractivity contribution < 1.29 is 5.11 Å². The first-order valence-corrected chi connectivity index (χ1v) is 4.63. The molecule has 0 unspecified atom stereocenters. The molecule has 0 saturated carbocycles. The van der Waals surface area contributed by atoms with Gasteiger partial charge in [0.2, 0.25) is 0 Å². The monoisotopic (exact) mass is 170 g/mol. The molecule has 0 aromatic rings. The Morgan fingerprint density at radius 2 is 2.18 bits per heavy atom. The summed E-state index contributed by atoms with van der Waals surface area (Å²) in [4.78, 5) is 0. The number of thioether (sulfide) groups is 1. The van der Waals surface area contributed by atoms with Crippen LogP contribution in [0.4, 0.5) is 0 Å². The topological polar surface area (TPSA) is 20.2 Å². The smallest absolute Gasteiger partial charge is 0.120 e. The molecular weight excluding hydrogens is 156 g/mol. The summed E-state index contributed by atoms with van der Waals surface area (Å²) < 4.78 is 0. The predicted octanol–water partition coefficient (Wildman–Crippen LogP) is 2.03. The molecule has 1 nitrogen and oxygen atoms in total. The molecule has 0 saturated heterocycles. The summed E-state index contributed by atoms with van der Waals surface area (Å²) >= 11 is 1.69. The molecular formula is C9H14OS. The molecule has 0 rings (SSSR count). The molecule has 0 aromatic heterocycles. The third kappa shape index (κ3) is 9.61. The Morgan fingerprint density at radius 1 is 1.55 bits per heavy atom. The lowest BCUT2D eigenvalue weighted by Crippen LogP contribution is -2.14. The van der Waals surface area contributed by atoms with Crippen LogP contribution in [0.3, 0.4) is 0 Å². The number of hydrogen-bond donors (Lipinski definition) is 1. The van der Waals surface area contributed by atoms with E-state index >= 15 is 0 Å². The Bertz CT molecular complexity index is 178. The van der Waals surface area contributed by atoms with E-state index in [1.165, 1.54) is 0 Å². The van der Waals surface area contributed by atoms with E-state index in [1.54, 1.807) is 31.7 Å². The summed E-state index contributed by atoms with van der Waals surface area (Å²) in [6.07, 6.45) is 1.76. The van der Waals surface area contributed by atoms with E-state index in [0.29, 0.717) is 0 Å². The van der Waals surface area contributed by atoms with Crippen molar-refractivity contribution in [3.63, 3.8) is 0 Å². The van der Waals surface area contributed by atoms with Gasteiger partial charge < -0.3 is 5.11 Å². The Kier molecular flexibility index (Phi) is 5.10. The van der Waals surface area contributed by atoms with Gasteiger partial charge in [0.05, 0.1) is 0 Å². The standard InChI is InChI=1S/C9H14OS/c1-4-11-8-6-5-7-9(2,3)10/h6,8,10H,4H2,1-3H3. The minimum absolute atomic E-state index is 0.874. The maximum atomic E-state index is 9.16. The fourth-order valence-corrected chi connectivity index (χ4v) is 0.753. The predicted molar refractivity (Wildman–Crippen MR) is 51.3 cm³/mol. The number of rotatable bonds is 2. The second kappa shape index (κ2) is 5.29. The SMILES string of the molecule is CCSC=CC#CC(C)(C)O. The van der Waals surface area contributed by atoms with Crippen molar-refractivity contribution in [1.29, 1.82) is 0 Å². The average molecular weight is 170 g/mol. The van der Waals surface area contributed by atoms with Gasteiger partial charge in [0.25, 0.3) is 0 Å². The van der Waals surface area contributed by atoms with Gasteiger partial charge in [0.1, 0.15) is 5.60 Å². The second-order valence-electron chi connectivity index (χ2n) is 2.59. The van der Waals surface area contributed by atoms with Crippen LogP contribution in [0, 0.1) is 11.8 Å². The molecule has 1 N–H and O–H groups in total. The van der Waals surface area contributed by atoms with Crippen molar-refractivity contribution >= 4 is 11.8 Å². The zero-order valence-corrected chi connectivity index (χ0v) is 8.03. The van der Waals surface area contributed by atoms with Crippen molar-refractivity contribution in [2.45, 2.75) is 26.4 Å². The highest BCUT2D eigenvalue weighted by molar-refractivity contribution is 8.02. The molecule has 0 aliphatic rings. The van der Waals surface area contributed by atoms with Crippen molar-refractivity contribution in [2.75, 3.05) is 5.75 Å².